The van der Waals surface area contributed by atoms with E-state index in [4.69, 9.17) is 9.47 Å². The van der Waals surface area contributed by atoms with Gasteiger partial charge in [0.2, 0.25) is 5.91 Å². The molecule has 1 fully saturated rings. The molecule has 1 unspecified atom stereocenters. The van der Waals surface area contributed by atoms with Crippen molar-refractivity contribution in [2.75, 3.05) is 44.5 Å². The van der Waals surface area contributed by atoms with E-state index in [1.165, 1.54) is 23.9 Å². The van der Waals surface area contributed by atoms with Crippen molar-refractivity contribution < 1.29 is 23.5 Å². The largest absolute Gasteiger partial charge is 0.482 e. The quantitative estimate of drug-likeness (QED) is 0.596. The summed E-state index contributed by atoms with van der Waals surface area (Å²) in [5.41, 5.74) is 2.48. The molecule has 0 radical (unpaired) electrons. The van der Waals surface area contributed by atoms with Gasteiger partial charge in [0.05, 0.1) is 5.75 Å². The Morgan fingerprint density at radius 2 is 1.97 bits per heavy atom. The molecule has 0 aliphatic carbocycles. The molecule has 0 bridgehead atoms. The van der Waals surface area contributed by atoms with Crippen LogP contribution in [0.5, 0.6) is 5.75 Å². The molecule has 1 saturated heterocycles. The number of likely N-dealkylation sites (N-methyl/N-ethyl adjacent to an activating group) is 1. The highest BCUT2D eigenvalue weighted by molar-refractivity contribution is 8.00. The number of hydrogen-bond acceptors (Lipinski definition) is 6. The minimum Gasteiger partial charge on any atom is -0.482 e. The first kappa shape index (κ1) is 22.1. The highest BCUT2D eigenvalue weighted by atomic mass is 32.2. The van der Waals surface area contributed by atoms with Gasteiger partial charge in [-0.1, -0.05) is 12.1 Å². The number of esters is 1. The summed E-state index contributed by atoms with van der Waals surface area (Å²) in [6, 6.07) is 11.5. The summed E-state index contributed by atoms with van der Waals surface area (Å²) in [7, 11) is 3.80. The number of carbonyl (C=O) groups excluding carboxylic acids is 2. The third-order valence-electron chi connectivity index (χ3n) is 4.61. The molecule has 0 spiro atoms. The van der Waals surface area contributed by atoms with Crippen molar-refractivity contribution in [3.8, 4) is 5.75 Å². The Kier molecular flexibility index (Phi) is 7.33. The second-order valence-electron chi connectivity index (χ2n) is 7.24. The number of benzene rings is 2. The van der Waals surface area contributed by atoms with E-state index in [1.807, 2.05) is 32.0 Å². The van der Waals surface area contributed by atoms with Crippen LogP contribution in [0.25, 0.3) is 0 Å². The summed E-state index contributed by atoms with van der Waals surface area (Å²) in [4.78, 5) is 28.0. The van der Waals surface area contributed by atoms with E-state index in [-0.39, 0.29) is 23.7 Å². The molecule has 6 nitrogen and oxygen atoms in total. The maximum atomic E-state index is 13.3. The molecule has 1 aliphatic heterocycles. The van der Waals surface area contributed by atoms with Crippen LogP contribution in [0, 0.1) is 12.7 Å². The highest BCUT2D eigenvalue weighted by Crippen LogP contribution is 2.43. The van der Waals surface area contributed by atoms with E-state index in [9.17, 15) is 14.0 Å². The van der Waals surface area contributed by atoms with Crippen LogP contribution >= 0.6 is 11.8 Å². The lowest BCUT2D eigenvalue weighted by molar-refractivity contribution is -0.146. The van der Waals surface area contributed by atoms with Crippen molar-refractivity contribution in [3.05, 3.63) is 59.4 Å². The summed E-state index contributed by atoms with van der Waals surface area (Å²) in [5.74, 6) is 0.144. The van der Waals surface area contributed by atoms with Gasteiger partial charge < -0.3 is 14.4 Å². The van der Waals surface area contributed by atoms with Crippen LogP contribution in [-0.2, 0) is 14.3 Å². The summed E-state index contributed by atoms with van der Waals surface area (Å²) in [6.07, 6.45) is 0. The maximum Gasteiger partial charge on any atom is 0.344 e. The number of aryl methyl sites for hydroxylation is 1. The van der Waals surface area contributed by atoms with Crippen molar-refractivity contribution in [2.24, 2.45) is 0 Å². The van der Waals surface area contributed by atoms with Crippen molar-refractivity contribution in [2.45, 2.75) is 12.3 Å². The highest BCUT2D eigenvalue weighted by Gasteiger charge is 2.34. The van der Waals surface area contributed by atoms with Gasteiger partial charge in [0.15, 0.2) is 6.61 Å². The van der Waals surface area contributed by atoms with Crippen LogP contribution in [-0.4, -0.2) is 56.4 Å². The molecule has 3 rings (SSSR count). The van der Waals surface area contributed by atoms with Gasteiger partial charge in [-0.15, -0.1) is 11.8 Å². The molecule has 30 heavy (non-hydrogen) atoms. The van der Waals surface area contributed by atoms with Gasteiger partial charge >= 0.3 is 5.97 Å². The van der Waals surface area contributed by atoms with Gasteiger partial charge in [-0.05, 0) is 62.5 Å². The van der Waals surface area contributed by atoms with Gasteiger partial charge in [0.25, 0.3) is 0 Å². The smallest absolute Gasteiger partial charge is 0.344 e. The minimum atomic E-state index is -0.430. The van der Waals surface area contributed by atoms with Gasteiger partial charge in [-0.25, -0.2) is 9.18 Å². The van der Waals surface area contributed by atoms with Crippen molar-refractivity contribution in [1.29, 1.82) is 0 Å². The van der Waals surface area contributed by atoms with Crippen molar-refractivity contribution >= 4 is 29.3 Å². The Bertz CT molecular complexity index is 905. The molecule has 2 aromatic carbocycles. The number of anilines is 1. The molecule has 8 heteroatoms. The Labute approximate surface area is 179 Å². The first-order valence-electron chi connectivity index (χ1n) is 9.58. The number of rotatable bonds is 8. The number of hydrogen-bond donors (Lipinski definition) is 0. The van der Waals surface area contributed by atoms with E-state index in [1.54, 1.807) is 29.2 Å². The Balaban J connectivity index is 1.67. The minimum absolute atomic E-state index is 0.00411. The van der Waals surface area contributed by atoms with Crippen molar-refractivity contribution in [3.63, 3.8) is 0 Å². The van der Waals surface area contributed by atoms with Crippen LogP contribution in [0.1, 0.15) is 16.5 Å². The van der Waals surface area contributed by atoms with E-state index >= 15 is 0 Å². The fourth-order valence-corrected chi connectivity index (χ4v) is 4.24. The SMILES string of the molecule is Cc1cc(OCC(=O)OCCN(C)C)ccc1N1C(=O)CSC1c1ccc(F)cc1. The number of amides is 1. The van der Waals surface area contributed by atoms with Crippen molar-refractivity contribution in [1.82, 2.24) is 4.90 Å². The number of ether oxygens (including phenoxy) is 2. The molecular formula is C22H25FN2O4S. The molecule has 0 saturated carbocycles. The zero-order valence-electron chi connectivity index (χ0n) is 17.3. The Morgan fingerprint density at radius 3 is 2.63 bits per heavy atom. The molecule has 1 atom stereocenters. The van der Waals surface area contributed by atoms with Crippen LogP contribution in [0.3, 0.4) is 0 Å². The van der Waals surface area contributed by atoms with Crippen LogP contribution in [0.2, 0.25) is 0 Å². The number of thioether (sulfide) groups is 1. The van der Waals surface area contributed by atoms with Gasteiger partial charge in [-0.2, -0.15) is 0 Å². The normalized spacial score (nSPS) is 16.2. The third-order valence-corrected chi connectivity index (χ3v) is 5.82. The molecule has 0 aromatic heterocycles. The fraction of sp³-hybridized carbons (Fsp3) is 0.364. The second-order valence-corrected chi connectivity index (χ2v) is 8.31. The number of nitrogens with zero attached hydrogens (tertiary/aromatic N) is 2. The molecule has 1 heterocycles. The van der Waals surface area contributed by atoms with Gasteiger partial charge in [-0.3, -0.25) is 9.69 Å². The van der Waals surface area contributed by atoms with E-state index in [0.717, 1.165) is 16.8 Å². The maximum absolute atomic E-state index is 13.3. The molecule has 2 aromatic rings. The second kappa shape index (κ2) is 9.95. The topological polar surface area (TPSA) is 59.1 Å². The summed E-state index contributed by atoms with van der Waals surface area (Å²) in [5, 5.41) is -0.213. The van der Waals surface area contributed by atoms with Gasteiger partial charge in [0.1, 0.15) is 23.5 Å². The summed E-state index contributed by atoms with van der Waals surface area (Å²) < 4.78 is 23.9. The monoisotopic (exact) mass is 432 g/mol. The molecular weight excluding hydrogens is 407 g/mol. The first-order valence-corrected chi connectivity index (χ1v) is 10.6. The van der Waals surface area contributed by atoms with E-state index in [0.29, 0.717) is 24.7 Å². The zero-order valence-corrected chi connectivity index (χ0v) is 18.1. The molecule has 1 amide bonds. The van der Waals surface area contributed by atoms with Crippen LogP contribution in [0.15, 0.2) is 42.5 Å². The van der Waals surface area contributed by atoms with Crippen LogP contribution < -0.4 is 9.64 Å². The fourth-order valence-electron chi connectivity index (χ4n) is 3.07. The van der Waals surface area contributed by atoms with E-state index in [2.05, 4.69) is 0 Å². The van der Waals surface area contributed by atoms with Gasteiger partial charge in [0, 0.05) is 12.2 Å². The lowest BCUT2D eigenvalue weighted by Crippen LogP contribution is -2.28. The number of halogens is 1. The summed E-state index contributed by atoms with van der Waals surface area (Å²) in [6.45, 7) is 2.67. The first-order chi connectivity index (χ1) is 14.3. The lowest BCUT2D eigenvalue weighted by Gasteiger charge is -2.26. The Morgan fingerprint density at radius 1 is 1.23 bits per heavy atom. The van der Waals surface area contributed by atoms with E-state index < -0.39 is 5.97 Å². The number of carbonyl (C=O) groups is 2. The average Bonchev–Trinajstić information content (AvgIpc) is 3.08. The predicted molar refractivity (Wildman–Crippen MR) is 115 cm³/mol. The Hall–Kier alpha value is -2.58. The predicted octanol–water partition coefficient (Wildman–Crippen LogP) is 3.40. The molecule has 1 aliphatic rings. The lowest BCUT2D eigenvalue weighted by atomic mass is 10.1. The standard InChI is InChI=1S/C22H25FN2O4S/c1-15-12-18(29-13-21(27)28-11-10-24(2)3)8-9-19(15)25-20(26)14-30-22(25)16-4-6-17(23)7-5-16/h4-9,12,22H,10-11,13-14H2,1-3H3. The zero-order chi connectivity index (χ0) is 21.7. The molecule has 160 valence electrons. The third kappa shape index (κ3) is 5.52. The molecule has 0 N–H and O–H groups in total. The average molecular weight is 433 g/mol. The van der Waals surface area contributed by atoms with Crippen LogP contribution in [0.4, 0.5) is 10.1 Å². The summed E-state index contributed by atoms with van der Waals surface area (Å²) >= 11 is 1.51.